The molecule has 1 aromatic rings. The second-order valence-corrected chi connectivity index (χ2v) is 4.79. The van der Waals surface area contributed by atoms with Gasteiger partial charge in [-0.05, 0) is 12.5 Å². The van der Waals surface area contributed by atoms with Crippen molar-refractivity contribution < 1.29 is 9.59 Å². The fourth-order valence-corrected chi connectivity index (χ4v) is 2.40. The molecule has 1 fully saturated rings. The van der Waals surface area contributed by atoms with E-state index in [0.29, 0.717) is 24.9 Å². The van der Waals surface area contributed by atoms with Crippen LogP contribution in [0, 0.1) is 11.3 Å². The van der Waals surface area contributed by atoms with E-state index in [1.165, 1.54) is 11.3 Å². The van der Waals surface area contributed by atoms with Crippen LogP contribution in [0.2, 0.25) is 0 Å². The highest BCUT2D eigenvalue weighted by Gasteiger charge is 2.25. The summed E-state index contributed by atoms with van der Waals surface area (Å²) in [6.45, 7) is 0.540. The Kier molecular flexibility index (Phi) is 3.52. The van der Waals surface area contributed by atoms with E-state index in [1.807, 2.05) is 0 Å². The van der Waals surface area contributed by atoms with E-state index in [-0.39, 0.29) is 17.9 Å². The van der Waals surface area contributed by atoms with Crippen LogP contribution in [0.25, 0.3) is 0 Å². The topological polar surface area (TPSA) is 82.0 Å². The van der Waals surface area contributed by atoms with Gasteiger partial charge >= 0.3 is 0 Å². The lowest BCUT2D eigenvalue weighted by Gasteiger charge is -2.21. The number of hydrogen-bond acceptors (Lipinski definition) is 5. The molecule has 2 N–H and O–H groups in total. The number of nitriles is 1. The molecule has 2 rings (SSSR count). The van der Waals surface area contributed by atoms with Crippen molar-refractivity contribution in [2.75, 3.05) is 0 Å². The molecule has 1 saturated heterocycles. The fourth-order valence-electron chi connectivity index (χ4n) is 1.64. The maximum Gasteiger partial charge on any atom is 0.243 e. The number of carbonyl (C=O) groups is 2. The first-order chi connectivity index (χ1) is 8.19. The minimum Gasteiger partial charge on any atom is -0.301 e. The SMILES string of the molecule is N#Cc1csc(CNC2CCC(=O)NC2=O)c1. The zero-order chi connectivity index (χ0) is 12.3. The summed E-state index contributed by atoms with van der Waals surface area (Å²) in [5.74, 6) is -0.478. The Hall–Kier alpha value is -1.71. The Morgan fingerprint density at radius 2 is 2.41 bits per heavy atom. The first-order valence-electron chi connectivity index (χ1n) is 5.23. The maximum atomic E-state index is 11.4. The summed E-state index contributed by atoms with van der Waals surface area (Å²) in [6, 6.07) is 3.53. The van der Waals surface area contributed by atoms with Gasteiger partial charge in [0.15, 0.2) is 0 Å². The van der Waals surface area contributed by atoms with Gasteiger partial charge in [0.1, 0.15) is 6.07 Å². The van der Waals surface area contributed by atoms with Crippen molar-refractivity contribution in [3.63, 3.8) is 0 Å². The number of piperidine rings is 1. The summed E-state index contributed by atoms with van der Waals surface area (Å²) in [7, 11) is 0. The minimum absolute atomic E-state index is 0.212. The Labute approximate surface area is 102 Å². The molecule has 1 aliphatic rings. The summed E-state index contributed by atoms with van der Waals surface area (Å²) in [6.07, 6.45) is 0.901. The lowest BCUT2D eigenvalue weighted by atomic mass is 10.1. The summed E-state index contributed by atoms with van der Waals surface area (Å²) in [4.78, 5) is 23.4. The third-order valence-electron chi connectivity index (χ3n) is 2.54. The summed E-state index contributed by atoms with van der Waals surface area (Å²) >= 11 is 1.48. The second kappa shape index (κ2) is 5.08. The molecular weight excluding hydrogens is 238 g/mol. The van der Waals surface area contributed by atoms with E-state index >= 15 is 0 Å². The number of nitrogens with one attached hydrogen (secondary N) is 2. The molecule has 2 heterocycles. The molecule has 0 bridgehead atoms. The van der Waals surface area contributed by atoms with Gasteiger partial charge in [-0.3, -0.25) is 14.9 Å². The number of imide groups is 1. The van der Waals surface area contributed by atoms with Crippen LogP contribution in [0.4, 0.5) is 0 Å². The molecule has 6 heteroatoms. The Bertz CT molecular complexity index is 489. The molecular formula is C11H11N3O2S. The molecule has 0 saturated carbocycles. The quantitative estimate of drug-likeness (QED) is 0.765. The number of rotatable bonds is 3. The van der Waals surface area contributed by atoms with Crippen LogP contribution in [0.1, 0.15) is 23.3 Å². The van der Waals surface area contributed by atoms with Gasteiger partial charge in [-0.1, -0.05) is 0 Å². The van der Waals surface area contributed by atoms with Crippen molar-refractivity contribution in [2.24, 2.45) is 0 Å². The van der Waals surface area contributed by atoms with Crippen molar-refractivity contribution in [2.45, 2.75) is 25.4 Å². The summed E-state index contributed by atoms with van der Waals surface area (Å²) in [5, 5.41) is 15.8. The van der Waals surface area contributed by atoms with E-state index in [0.717, 1.165) is 4.88 Å². The van der Waals surface area contributed by atoms with Gasteiger partial charge in [0.25, 0.3) is 0 Å². The molecule has 0 aromatic carbocycles. The Balaban J connectivity index is 1.88. The van der Waals surface area contributed by atoms with Crippen LogP contribution in [-0.4, -0.2) is 17.9 Å². The molecule has 88 valence electrons. The maximum absolute atomic E-state index is 11.4. The Morgan fingerprint density at radius 1 is 1.59 bits per heavy atom. The number of nitrogens with zero attached hydrogens (tertiary/aromatic N) is 1. The molecule has 0 radical (unpaired) electrons. The van der Waals surface area contributed by atoms with Gasteiger partial charge < -0.3 is 5.32 Å². The monoisotopic (exact) mass is 249 g/mol. The minimum atomic E-state index is -0.319. The van der Waals surface area contributed by atoms with E-state index in [2.05, 4.69) is 16.7 Å². The number of amides is 2. The molecule has 5 nitrogen and oxygen atoms in total. The van der Waals surface area contributed by atoms with Gasteiger partial charge in [0, 0.05) is 23.2 Å². The summed E-state index contributed by atoms with van der Waals surface area (Å²) in [5.41, 5.74) is 0.634. The third kappa shape index (κ3) is 2.90. The normalized spacial score (nSPS) is 19.8. The van der Waals surface area contributed by atoms with Gasteiger partial charge in [0.2, 0.25) is 11.8 Å². The molecule has 2 amide bonds. The van der Waals surface area contributed by atoms with Crippen LogP contribution in [0.15, 0.2) is 11.4 Å². The smallest absolute Gasteiger partial charge is 0.243 e. The van der Waals surface area contributed by atoms with Crippen LogP contribution in [0.3, 0.4) is 0 Å². The summed E-state index contributed by atoms with van der Waals surface area (Å²) < 4.78 is 0. The average Bonchev–Trinajstić information content (AvgIpc) is 2.76. The van der Waals surface area contributed by atoms with E-state index in [1.54, 1.807) is 11.4 Å². The number of carbonyl (C=O) groups excluding carboxylic acids is 2. The molecule has 1 aliphatic heterocycles. The van der Waals surface area contributed by atoms with Gasteiger partial charge in [0.05, 0.1) is 11.6 Å². The largest absolute Gasteiger partial charge is 0.301 e. The highest BCUT2D eigenvalue weighted by Crippen LogP contribution is 2.14. The molecule has 1 unspecified atom stereocenters. The first-order valence-corrected chi connectivity index (χ1v) is 6.11. The Morgan fingerprint density at radius 3 is 3.06 bits per heavy atom. The van der Waals surface area contributed by atoms with Crippen molar-refractivity contribution in [1.29, 1.82) is 5.26 Å². The van der Waals surface area contributed by atoms with Gasteiger partial charge in [-0.15, -0.1) is 11.3 Å². The second-order valence-electron chi connectivity index (χ2n) is 3.80. The predicted molar refractivity (Wildman–Crippen MR) is 62.0 cm³/mol. The van der Waals surface area contributed by atoms with Crippen LogP contribution in [0.5, 0.6) is 0 Å². The molecule has 0 spiro atoms. The van der Waals surface area contributed by atoms with Crippen molar-refractivity contribution in [3.8, 4) is 6.07 Å². The predicted octanol–water partition coefficient (Wildman–Crippen LogP) is 0.515. The van der Waals surface area contributed by atoms with Crippen LogP contribution >= 0.6 is 11.3 Å². The lowest BCUT2D eigenvalue weighted by Crippen LogP contribution is -2.50. The van der Waals surface area contributed by atoms with Crippen LogP contribution < -0.4 is 10.6 Å². The van der Waals surface area contributed by atoms with Gasteiger partial charge in [-0.2, -0.15) is 5.26 Å². The highest BCUT2D eigenvalue weighted by molar-refractivity contribution is 7.10. The van der Waals surface area contributed by atoms with E-state index < -0.39 is 0 Å². The molecule has 0 aliphatic carbocycles. The molecule has 17 heavy (non-hydrogen) atoms. The standard InChI is InChI=1S/C11H11N3O2S/c12-4-7-3-8(17-6-7)5-13-9-1-2-10(15)14-11(9)16/h3,6,9,13H,1-2,5H2,(H,14,15,16). The average molecular weight is 249 g/mol. The molecule has 1 atom stereocenters. The van der Waals surface area contributed by atoms with E-state index in [4.69, 9.17) is 5.26 Å². The number of hydrogen-bond donors (Lipinski definition) is 2. The van der Waals surface area contributed by atoms with Gasteiger partial charge in [-0.25, -0.2) is 0 Å². The van der Waals surface area contributed by atoms with E-state index in [9.17, 15) is 9.59 Å². The van der Waals surface area contributed by atoms with Crippen molar-refractivity contribution in [3.05, 3.63) is 21.9 Å². The lowest BCUT2D eigenvalue weighted by molar-refractivity contribution is -0.134. The highest BCUT2D eigenvalue weighted by atomic mass is 32.1. The fraction of sp³-hybridized carbons (Fsp3) is 0.364. The van der Waals surface area contributed by atoms with Crippen LogP contribution in [-0.2, 0) is 16.1 Å². The zero-order valence-corrected chi connectivity index (χ0v) is 9.84. The molecule has 1 aromatic heterocycles. The van der Waals surface area contributed by atoms with Crippen molar-refractivity contribution >= 4 is 23.2 Å². The third-order valence-corrected chi connectivity index (χ3v) is 3.48. The van der Waals surface area contributed by atoms with Crippen molar-refractivity contribution in [1.82, 2.24) is 10.6 Å². The first kappa shape index (κ1) is 11.8. The number of thiophene rings is 1. The zero-order valence-electron chi connectivity index (χ0n) is 9.03.